The van der Waals surface area contributed by atoms with Crippen molar-refractivity contribution in [3.8, 4) is 12.1 Å². The Labute approximate surface area is 286 Å². The van der Waals surface area contributed by atoms with Crippen LogP contribution >= 0.6 is 11.6 Å². The molecule has 5 heterocycles. The fourth-order valence-electron chi connectivity index (χ4n) is 7.30. The van der Waals surface area contributed by atoms with Gasteiger partial charge in [0.15, 0.2) is 5.83 Å². The van der Waals surface area contributed by atoms with E-state index in [0.717, 1.165) is 104 Å². The predicted octanol–water partition coefficient (Wildman–Crippen LogP) is 5.53. The molecule has 0 unspecified atom stereocenters. The van der Waals surface area contributed by atoms with E-state index in [4.69, 9.17) is 36.3 Å². The number of ether oxygens (including phenoxy) is 2. The van der Waals surface area contributed by atoms with E-state index in [2.05, 4.69) is 45.5 Å². The average molecular weight is 676 g/mol. The number of hydrogen-bond donors (Lipinski definition) is 0. The van der Waals surface area contributed by atoms with Gasteiger partial charge in [0.05, 0.1) is 23.3 Å². The fourth-order valence-corrected chi connectivity index (χ4v) is 7.58. The van der Waals surface area contributed by atoms with Gasteiger partial charge in [0.25, 0.3) is 5.91 Å². The molecule has 48 heavy (non-hydrogen) atoms. The van der Waals surface area contributed by atoms with E-state index in [1.807, 2.05) is 12.1 Å². The number of hydrogen-bond acceptors (Lipinski definition) is 9. The number of likely N-dealkylation sites (tertiary alicyclic amines) is 1. The summed E-state index contributed by atoms with van der Waals surface area (Å²) in [4.78, 5) is 30.9. The Kier molecular flexibility index (Phi) is 10.9. The number of amides is 1. The van der Waals surface area contributed by atoms with Gasteiger partial charge in [-0.3, -0.25) is 9.69 Å². The molecule has 3 fully saturated rings. The molecule has 1 aromatic heterocycles. The van der Waals surface area contributed by atoms with E-state index in [1.54, 1.807) is 6.07 Å². The quantitative estimate of drug-likeness (QED) is 0.313. The van der Waals surface area contributed by atoms with E-state index in [9.17, 15) is 9.18 Å². The molecule has 3 saturated heterocycles. The number of carbonyl (C=O) groups is 1. The van der Waals surface area contributed by atoms with E-state index in [0.29, 0.717) is 44.8 Å². The molecule has 3 aromatic rings. The minimum atomic E-state index is -0.921. The summed E-state index contributed by atoms with van der Waals surface area (Å²) in [6.07, 6.45) is 4.87. The molecule has 1 amide bonds. The van der Waals surface area contributed by atoms with Crippen LogP contribution in [0.4, 0.5) is 15.9 Å². The summed E-state index contributed by atoms with van der Waals surface area (Å²) in [5.74, 6) is -0.702. The summed E-state index contributed by atoms with van der Waals surface area (Å²) in [7, 11) is 0. The van der Waals surface area contributed by atoms with Crippen LogP contribution in [0, 0.1) is 11.3 Å². The number of rotatable bonds is 6. The van der Waals surface area contributed by atoms with Crippen LogP contribution in [-0.2, 0) is 22.5 Å². The van der Waals surface area contributed by atoms with Gasteiger partial charge in [0.2, 0.25) is 0 Å². The van der Waals surface area contributed by atoms with Crippen molar-refractivity contribution < 1.29 is 18.7 Å². The molecule has 0 radical (unpaired) electrons. The topological polar surface area (TPSA) is 98.1 Å². The van der Waals surface area contributed by atoms with Crippen LogP contribution in [0.15, 0.2) is 48.8 Å². The lowest BCUT2D eigenvalue weighted by atomic mass is 10.0. The van der Waals surface area contributed by atoms with Gasteiger partial charge in [0.1, 0.15) is 11.9 Å². The first-order valence-electron chi connectivity index (χ1n) is 16.9. The molecule has 7 rings (SSSR count). The lowest BCUT2D eigenvalue weighted by Crippen LogP contribution is -2.49. The zero-order chi connectivity index (χ0) is 33.6. The molecule has 254 valence electrons. The molecule has 0 bridgehead atoms. The van der Waals surface area contributed by atoms with Crippen molar-refractivity contribution in [1.29, 1.82) is 5.26 Å². The maximum Gasteiger partial charge on any atom is 0.318 e. The highest BCUT2D eigenvalue weighted by atomic mass is 35.5. The Balaban J connectivity index is 0.00000129. The molecule has 4 aliphatic rings. The van der Waals surface area contributed by atoms with Crippen molar-refractivity contribution in [1.82, 2.24) is 19.8 Å². The van der Waals surface area contributed by atoms with E-state index >= 15 is 0 Å². The highest BCUT2D eigenvalue weighted by molar-refractivity contribution is 6.36. The maximum absolute atomic E-state index is 13.6. The second-order valence-electron chi connectivity index (χ2n) is 12.6. The summed E-state index contributed by atoms with van der Waals surface area (Å²) in [6, 6.07) is 15.0. The molecular weight excluding hydrogens is 633 g/mol. The number of nitrogens with zero attached hydrogens (tertiary/aromatic N) is 7. The molecule has 2 aromatic carbocycles. The van der Waals surface area contributed by atoms with Gasteiger partial charge in [-0.05, 0) is 49.6 Å². The lowest BCUT2D eigenvalue weighted by molar-refractivity contribution is -0.128. The number of halogens is 2. The average Bonchev–Trinajstić information content (AvgIpc) is 3.12. The van der Waals surface area contributed by atoms with Crippen LogP contribution in [0.25, 0.3) is 10.8 Å². The highest BCUT2D eigenvalue weighted by Crippen LogP contribution is 2.37. The molecule has 4 aliphatic heterocycles. The summed E-state index contributed by atoms with van der Waals surface area (Å²) in [6.45, 7) is 11.6. The standard InChI is InChI=1S/C34H40ClFN6O3.C2H3N/c1-23(36)33(43)41-18-16-40(17-19-41)32-27-10-15-42(30-7-3-5-24-4-2-6-28(35)31(24)30)22-29(27)37-34(38-32)45-26-8-13-39(14-9-26)25-11-20-44-21-12-25;1-2-3/h2-7,25-26H,1,8-22H2;1H3. The van der Waals surface area contributed by atoms with Gasteiger partial charge in [-0.15, -0.1) is 0 Å². The first kappa shape index (κ1) is 33.9. The minimum Gasteiger partial charge on any atom is -0.460 e. The Morgan fingerprint density at radius 2 is 1.69 bits per heavy atom. The molecule has 12 heteroatoms. The maximum atomic E-state index is 13.6. The van der Waals surface area contributed by atoms with Crippen molar-refractivity contribution in [2.24, 2.45) is 0 Å². The smallest absolute Gasteiger partial charge is 0.318 e. The van der Waals surface area contributed by atoms with Crippen LogP contribution in [0.2, 0.25) is 5.02 Å². The van der Waals surface area contributed by atoms with E-state index in [-0.39, 0.29) is 6.10 Å². The van der Waals surface area contributed by atoms with Crippen LogP contribution in [0.5, 0.6) is 6.01 Å². The molecule has 0 atom stereocenters. The number of aromatic nitrogens is 2. The van der Waals surface area contributed by atoms with Crippen LogP contribution in [0.3, 0.4) is 0 Å². The molecule has 10 nitrogen and oxygen atoms in total. The zero-order valence-corrected chi connectivity index (χ0v) is 28.3. The molecule has 0 spiro atoms. The second-order valence-corrected chi connectivity index (χ2v) is 13.1. The van der Waals surface area contributed by atoms with Gasteiger partial charge in [0, 0.05) is 88.6 Å². The van der Waals surface area contributed by atoms with E-state index in [1.165, 1.54) is 11.8 Å². The van der Waals surface area contributed by atoms with Gasteiger partial charge in [-0.25, -0.2) is 4.39 Å². The summed E-state index contributed by atoms with van der Waals surface area (Å²) < 4.78 is 25.7. The summed E-state index contributed by atoms with van der Waals surface area (Å²) in [5.41, 5.74) is 3.14. The lowest BCUT2D eigenvalue weighted by Gasteiger charge is -2.39. The monoisotopic (exact) mass is 675 g/mol. The number of carbonyl (C=O) groups excluding carboxylic acids is 1. The highest BCUT2D eigenvalue weighted by Gasteiger charge is 2.32. The SMILES string of the molecule is C=C(F)C(=O)N1CCN(c2nc(OC3CCN(C4CCOCC4)CC3)nc3c2CCN(c2cccc4cccc(Cl)c24)C3)CC1.CC#N. The Hall–Kier alpha value is -3.98. The van der Waals surface area contributed by atoms with Gasteiger partial charge in [-0.1, -0.05) is 42.4 Å². The molecule has 0 saturated carbocycles. The Morgan fingerprint density at radius 1 is 1.00 bits per heavy atom. The zero-order valence-electron chi connectivity index (χ0n) is 27.5. The van der Waals surface area contributed by atoms with E-state index < -0.39 is 11.7 Å². The van der Waals surface area contributed by atoms with Crippen molar-refractivity contribution in [2.45, 2.75) is 57.7 Å². The van der Waals surface area contributed by atoms with Crippen molar-refractivity contribution in [3.63, 3.8) is 0 Å². The summed E-state index contributed by atoms with van der Waals surface area (Å²) >= 11 is 6.71. The normalized spacial score (nSPS) is 19.2. The Morgan fingerprint density at radius 3 is 2.38 bits per heavy atom. The van der Waals surface area contributed by atoms with Crippen LogP contribution in [0.1, 0.15) is 43.9 Å². The number of fused-ring (bicyclic) bond motifs is 2. The molecular formula is C36H43ClFN7O3. The minimum absolute atomic E-state index is 0.0496. The first-order valence-corrected chi connectivity index (χ1v) is 17.2. The van der Waals surface area contributed by atoms with Crippen LogP contribution in [-0.4, -0.2) is 96.8 Å². The third kappa shape index (κ3) is 7.51. The largest absolute Gasteiger partial charge is 0.460 e. The number of piperidine rings is 1. The predicted molar refractivity (Wildman–Crippen MR) is 185 cm³/mol. The number of nitriles is 1. The first-order chi connectivity index (χ1) is 23.4. The third-order valence-electron chi connectivity index (χ3n) is 9.75. The van der Waals surface area contributed by atoms with Gasteiger partial charge >= 0.3 is 6.01 Å². The number of benzene rings is 2. The number of anilines is 2. The third-order valence-corrected chi connectivity index (χ3v) is 10.1. The van der Waals surface area contributed by atoms with Crippen molar-refractivity contribution in [2.75, 3.05) is 68.8 Å². The molecule has 0 aliphatic carbocycles. The Bertz CT molecular complexity index is 1660. The van der Waals surface area contributed by atoms with Crippen molar-refractivity contribution >= 4 is 39.8 Å². The second kappa shape index (κ2) is 15.5. The summed E-state index contributed by atoms with van der Waals surface area (Å²) in [5, 5.41) is 10.2. The van der Waals surface area contributed by atoms with Crippen LogP contribution < -0.4 is 14.5 Å². The van der Waals surface area contributed by atoms with Gasteiger partial charge < -0.3 is 24.2 Å². The number of piperazine rings is 1. The fraction of sp³-hybridized carbons (Fsp3) is 0.500. The van der Waals surface area contributed by atoms with Crippen molar-refractivity contribution in [3.05, 3.63) is 65.1 Å². The molecule has 0 N–H and O–H groups in total. The van der Waals surface area contributed by atoms with Gasteiger partial charge in [-0.2, -0.15) is 15.2 Å².